The van der Waals surface area contributed by atoms with E-state index in [4.69, 9.17) is 0 Å². The first-order chi connectivity index (χ1) is 13.8. The summed E-state index contributed by atoms with van der Waals surface area (Å²) >= 11 is 0. The Morgan fingerprint density at radius 1 is 1.14 bits per heavy atom. The first kappa shape index (κ1) is 21.5. The van der Waals surface area contributed by atoms with Crippen molar-refractivity contribution in [1.82, 2.24) is 14.1 Å². The highest BCUT2D eigenvalue weighted by Gasteiger charge is 2.31. The van der Waals surface area contributed by atoms with Gasteiger partial charge in [0, 0.05) is 25.3 Å². The van der Waals surface area contributed by atoms with Gasteiger partial charge in [0.1, 0.15) is 11.4 Å². The molecule has 1 aliphatic rings. The molecular formula is C21H30N4O3S. The van der Waals surface area contributed by atoms with E-state index < -0.39 is 10.0 Å². The van der Waals surface area contributed by atoms with Crippen molar-refractivity contribution in [3.8, 4) is 0 Å². The lowest BCUT2D eigenvalue weighted by Gasteiger charge is -2.21. The minimum absolute atomic E-state index is 0.0259. The second kappa shape index (κ2) is 8.67. The van der Waals surface area contributed by atoms with Gasteiger partial charge in [0.05, 0.1) is 11.4 Å². The Labute approximate surface area is 173 Å². The molecule has 7 nitrogen and oxygen atoms in total. The van der Waals surface area contributed by atoms with Gasteiger partial charge in [0.25, 0.3) is 0 Å². The average molecular weight is 419 g/mol. The van der Waals surface area contributed by atoms with Crippen LogP contribution < -0.4 is 4.90 Å². The number of hydrogen-bond acceptors (Lipinski definition) is 4. The third kappa shape index (κ3) is 4.09. The molecule has 0 atom stereocenters. The van der Waals surface area contributed by atoms with Crippen LogP contribution in [0.4, 0.5) is 5.69 Å². The van der Waals surface area contributed by atoms with Gasteiger partial charge >= 0.3 is 0 Å². The number of hydrogen-bond donors (Lipinski definition) is 0. The molecule has 8 heteroatoms. The number of sulfonamides is 1. The van der Waals surface area contributed by atoms with Gasteiger partial charge in [-0.2, -0.15) is 9.40 Å². The normalized spacial score (nSPS) is 13.9. The van der Waals surface area contributed by atoms with Crippen LogP contribution in [0, 0.1) is 13.8 Å². The fraction of sp³-hybridized carbons (Fsp3) is 0.524. The summed E-state index contributed by atoms with van der Waals surface area (Å²) in [6.45, 7) is 8.98. The molecule has 0 aliphatic carbocycles. The van der Waals surface area contributed by atoms with Crippen LogP contribution in [0.2, 0.25) is 0 Å². The van der Waals surface area contributed by atoms with Gasteiger partial charge in [-0.15, -0.1) is 0 Å². The van der Waals surface area contributed by atoms with E-state index in [2.05, 4.69) is 5.10 Å². The smallest absolute Gasteiger partial charge is 0.248 e. The van der Waals surface area contributed by atoms with Crippen LogP contribution in [0.15, 0.2) is 29.2 Å². The van der Waals surface area contributed by atoms with Gasteiger partial charge in [-0.3, -0.25) is 9.48 Å². The third-order valence-corrected chi connectivity index (χ3v) is 7.48. The molecule has 0 bridgehead atoms. The summed E-state index contributed by atoms with van der Waals surface area (Å²) in [5.41, 5.74) is 3.05. The lowest BCUT2D eigenvalue weighted by Crippen LogP contribution is -2.34. The molecule has 1 amide bonds. The van der Waals surface area contributed by atoms with Crippen molar-refractivity contribution in [3.05, 3.63) is 41.2 Å². The van der Waals surface area contributed by atoms with Crippen LogP contribution >= 0.6 is 0 Å². The van der Waals surface area contributed by atoms with E-state index in [-0.39, 0.29) is 17.3 Å². The van der Waals surface area contributed by atoms with Crippen molar-refractivity contribution in [2.75, 3.05) is 24.5 Å². The minimum Gasteiger partial charge on any atom is -0.310 e. The largest absolute Gasteiger partial charge is 0.310 e. The van der Waals surface area contributed by atoms with E-state index in [1.807, 2.05) is 38.1 Å². The number of aryl methyl sites for hydroxylation is 1. The number of amides is 1. The number of nitrogens with zero attached hydrogens (tertiary/aromatic N) is 4. The highest BCUT2D eigenvalue weighted by Crippen LogP contribution is 2.28. The second-order valence-corrected chi connectivity index (χ2v) is 9.36. The first-order valence-corrected chi connectivity index (χ1v) is 11.7. The summed E-state index contributed by atoms with van der Waals surface area (Å²) in [5.74, 6) is -0.0801. The molecule has 1 aliphatic heterocycles. The van der Waals surface area contributed by atoms with Gasteiger partial charge in [-0.05, 0) is 44.7 Å². The van der Waals surface area contributed by atoms with E-state index in [0.29, 0.717) is 31.0 Å². The van der Waals surface area contributed by atoms with E-state index in [9.17, 15) is 13.2 Å². The Hall–Kier alpha value is -2.19. The molecule has 0 N–H and O–H groups in total. The summed E-state index contributed by atoms with van der Waals surface area (Å²) in [4.78, 5) is 14.9. The predicted molar refractivity (Wildman–Crippen MR) is 114 cm³/mol. The van der Waals surface area contributed by atoms with E-state index >= 15 is 0 Å². The molecule has 158 valence electrons. The topological polar surface area (TPSA) is 75.5 Å². The fourth-order valence-corrected chi connectivity index (χ4v) is 6.00. The number of fused-ring (bicyclic) bond motifs is 1. The SMILES string of the molecule is CCCN(CCC)S(=O)(=O)c1c(C)nn(CC(=O)N2CCc3ccccc32)c1C. The monoisotopic (exact) mass is 418 g/mol. The summed E-state index contributed by atoms with van der Waals surface area (Å²) in [6.07, 6.45) is 2.33. The summed E-state index contributed by atoms with van der Waals surface area (Å²) in [7, 11) is -3.64. The Morgan fingerprint density at radius 2 is 1.79 bits per heavy atom. The zero-order chi connectivity index (χ0) is 21.2. The molecule has 0 saturated heterocycles. The number of carbonyl (C=O) groups is 1. The predicted octanol–water partition coefficient (Wildman–Crippen LogP) is 2.90. The maximum atomic E-state index is 13.3. The number of para-hydroxylation sites is 1. The highest BCUT2D eigenvalue weighted by molar-refractivity contribution is 7.89. The average Bonchev–Trinajstić information content (AvgIpc) is 3.22. The molecular weight excluding hydrogens is 388 g/mol. The molecule has 29 heavy (non-hydrogen) atoms. The van der Waals surface area contributed by atoms with E-state index in [1.165, 1.54) is 8.99 Å². The van der Waals surface area contributed by atoms with Gasteiger partial charge < -0.3 is 4.90 Å². The van der Waals surface area contributed by atoms with Crippen LogP contribution in [-0.2, 0) is 27.8 Å². The van der Waals surface area contributed by atoms with Gasteiger partial charge in [-0.25, -0.2) is 8.42 Å². The van der Waals surface area contributed by atoms with Crippen molar-refractivity contribution in [2.24, 2.45) is 0 Å². The molecule has 0 saturated carbocycles. The summed E-state index contributed by atoms with van der Waals surface area (Å²) < 4.78 is 29.6. The Kier molecular flexibility index (Phi) is 6.43. The number of rotatable bonds is 8. The van der Waals surface area contributed by atoms with Gasteiger partial charge in [0.2, 0.25) is 15.9 Å². The lowest BCUT2D eigenvalue weighted by molar-refractivity contribution is -0.119. The maximum absolute atomic E-state index is 13.3. The van der Waals surface area contributed by atoms with Gasteiger partial charge in [-0.1, -0.05) is 32.0 Å². The molecule has 1 aromatic carbocycles. The zero-order valence-electron chi connectivity index (χ0n) is 17.7. The van der Waals surface area contributed by atoms with E-state index in [1.54, 1.807) is 18.7 Å². The maximum Gasteiger partial charge on any atom is 0.248 e. The Morgan fingerprint density at radius 3 is 2.45 bits per heavy atom. The molecule has 0 fully saturated rings. The number of anilines is 1. The van der Waals surface area contributed by atoms with Crippen molar-refractivity contribution < 1.29 is 13.2 Å². The van der Waals surface area contributed by atoms with Crippen molar-refractivity contribution in [3.63, 3.8) is 0 Å². The molecule has 0 unspecified atom stereocenters. The van der Waals surface area contributed by atoms with Crippen LogP contribution in [0.5, 0.6) is 0 Å². The number of aromatic nitrogens is 2. The Balaban J connectivity index is 1.87. The first-order valence-electron chi connectivity index (χ1n) is 10.2. The van der Waals surface area contributed by atoms with Crippen molar-refractivity contribution >= 4 is 21.6 Å². The van der Waals surface area contributed by atoms with Crippen LogP contribution in [0.3, 0.4) is 0 Å². The van der Waals surface area contributed by atoms with Crippen LogP contribution in [-0.4, -0.2) is 48.0 Å². The van der Waals surface area contributed by atoms with Gasteiger partial charge in [0.15, 0.2) is 0 Å². The Bertz CT molecular complexity index is 991. The second-order valence-electron chi connectivity index (χ2n) is 7.49. The fourth-order valence-electron chi connectivity index (χ4n) is 4.00. The van der Waals surface area contributed by atoms with Crippen molar-refractivity contribution in [1.29, 1.82) is 0 Å². The van der Waals surface area contributed by atoms with Crippen LogP contribution in [0.1, 0.15) is 43.6 Å². The van der Waals surface area contributed by atoms with E-state index in [0.717, 1.165) is 30.5 Å². The molecule has 3 rings (SSSR count). The quantitative estimate of drug-likeness (QED) is 0.661. The minimum atomic E-state index is -3.64. The summed E-state index contributed by atoms with van der Waals surface area (Å²) in [5, 5.41) is 4.41. The molecule has 2 heterocycles. The molecule has 0 spiro atoms. The highest BCUT2D eigenvalue weighted by atomic mass is 32.2. The lowest BCUT2D eigenvalue weighted by atomic mass is 10.2. The molecule has 1 aromatic heterocycles. The molecule has 0 radical (unpaired) electrons. The summed E-state index contributed by atoms with van der Waals surface area (Å²) in [6, 6.07) is 7.88. The number of carbonyl (C=O) groups excluding carboxylic acids is 1. The van der Waals surface area contributed by atoms with Crippen molar-refractivity contribution in [2.45, 2.75) is 58.4 Å². The molecule has 2 aromatic rings. The number of benzene rings is 1. The zero-order valence-corrected chi connectivity index (χ0v) is 18.5. The third-order valence-electron chi connectivity index (χ3n) is 5.33. The standard InChI is InChI=1S/C21H30N4O3S/c1-5-12-23(13-6-2)29(27,28)21-16(3)22-25(17(21)4)15-20(26)24-14-11-18-9-7-8-10-19(18)24/h7-10H,5-6,11-15H2,1-4H3. The van der Waals surface area contributed by atoms with Crippen LogP contribution in [0.25, 0.3) is 0 Å².